The molecule has 11 heavy (non-hydrogen) atoms. The molecule has 0 bridgehead atoms. The smallest absolute Gasteiger partial charge is 0.247 e. The SMILES string of the molecule is O=c1ccc([C@@H]2CCN2)c[nH]1. The van der Waals surface area contributed by atoms with Crippen LogP contribution in [0.1, 0.15) is 18.0 Å². The van der Waals surface area contributed by atoms with Gasteiger partial charge in [-0.1, -0.05) is 6.07 Å². The zero-order chi connectivity index (χ0) is 7.68. The predicted octanol–water partition coefficient (Wildman–Crippen LogP) is 0.409. The van der Waals surface area contributed by atoms with Crippen molar-refractivity contribution in [3.63, 3.8) is 0 Å². The van der Waals surface area contributed by atoms with E-state index in [0.29, 0.717) is 6.04 Å². The van der Waals surface area contributed by atoms with E-state index in [-0.39, 0.29) is 5.56 Å². The minimum atomic E-state index is -0.0342. The van der Waals surface area contributed by atoms with Crippen LogP contribution in [0.3, 0.4) is 0 Å². The molecule has 1 aromatic heterocycles. The van der Waals surface area contributed by atoms with E-state index in [1.54, 1.807) is 12.3 Å². The molecule has 0 aliphatic carbocycles. The third-order valence-corrected chi connectivity index (χ3v) is 2.03. The van der Waals surface area contributed by atoms with Gasteiger partial charge in [-0.05, 0) is 18.5 Å². The lowest BCUT2D eigenvalue weighted by Crippen LogP contribution is -2.35. The van der Waals surface area contributed by atoms with E-state index in [9.17, 15) is 4.79 Å². The number of pyridine rings is 1. The van der Waals surface area contributed by atoms with E-state index in [1.807, 2.05) is 6.07 Å². The zero-order valence-electron chi connectivity index (χ0n) is 6.13. The lowest BCUT2D eigenvalue weighted by atomic mass is 10.0. The fourth-order valence-corrected chi connectivity index (χ4v) is 1.21. The number of aromatic amines is 1. The summed E-state index contributed by atoms with van der Waals surface area (Å²) in [6.07, 6.45) is 2.95. The molecule has 58 valence electrons. The van der Waals surface area contributed by atoms with Crippen LogP contribution >= 0.6 is 0 Å². The van der Waals surface area contributed by atoms with E-state index in [4.69, 9.17) is 0 Å². The van der Waals surface area contributed by atoms with Crippen molar-refractivity contribution in [1.29, 1.82) is 0 Å². The van der Waals surface area contributed by atoms with Gasteiger partial charge in [0.2, 0.25) is 5.56 Å². The molecule has 0 aromatic carbocycles. The Labute approximate surface area is 64.5 Å². The highest BCUT2D eigenvalue weighted by Gasteiger charge is 2.17. The van der Waals surface area contributed by atoms with E-state index < -0.39 is 0 Å². The van der Waals surface area contributed by atoms with Crippen LogP contribution in [0.25, 0.3) is 0 Å². The maximum atomic E-state index is 10.7. The molecule has 1 aromatic rings. The van der Waals surface area contributed by atoms with Crippen molar-refractivity contribution in [1.82, 2.24) is 10.3 Å². The van der Waals surface area contributed by atoms with Crippen molar-refractivity contribution in [2.24, 2.45) is 0 Å². The molecule has 0 spiro atoms. The summed E-state index contributed by atoms with van der Waals surface area (Å²) in [7, 11) is 0. The molecule has 1 atom stereocenters. The average molecular weight is 150 g/mol. The topological polar surface area (TPSA) is 44.9 Å². The van der Waals surface area contributed by atoms with Crippen molar-refractivity contribution in [3.05, 3.63) is 34.2 Å². The molecular weight excluding hydrogens is 140 g/mol. The lowest BCUT2D eigenvalue weighted by Gasteiger charge is -2.27. The van der Waals surface area contributed by atoms with E-state index in [1.165, 1.54) is 12.0 Å². The first-order valence-electron chi connectivity index (χ1n) is 3.78. The number of H-pyrrole nitrogens is 1. The van der Waals surface area contributed by atoms with Crippen LogP contribution in [0.15, 0.2) is 23.1 Å². The minimum Gasteiger partial charge on any atom is -0.329 e. The second-order valence-electron chi connectivity index (χ2n) is 2.78. The number of nitrogens with one attached hydrogen (secondary N) is 2. The van der Waals surface area contributed by atoms with Crippen LogP contribution in [0.4, 0.5) is 0 Å². The number of hydrogen-bond donors (Lipinski definition) is 2. The van der Waals surface area contributed by atoms with Gasteiger partial charge in [-0.15, -0.1) is 0 Å². The molecule has 2 rings (SSSR count). The molecule has 3 heteroatoms. The summed E-state index contributed by atoms with van der Waals surface area (Å²) in [5.74, 6) is 0. The van der Waals surface area contributed by atoms with Crippen LogP contribution in [0, 0.1) is 0 Å². The van der Waals surface area contributed by atoms with Crippen molar-refractivity contribution in [2.75, 3.05) is 6.54 Å². The monoisotopic (exact) mass is 150 g/mol. The quantitative estimate of drug-likeness (QED) is 0.609. The van der Waals surface area contributed by atoms with Gasteiger partial charge in [0.1, 0.15) is 0 Å². The van der Waals surface area contributed by atoms with Gasteiger partial charge in [0, 0.05) is 18.3 Å². The molecule has 0 amide bonds. The molecule has 0 unspecified atom stereocenters. The molecule has 1 aliphatic heterocycles. The standard InChI is InChI=1S/C8H10N2O/c11-8-2-1-6(5-10-8)7-3-4-9-7/h1-2,5,7,9H,3-4H2,(H,10,11)/t7-/m0/s1. The molecule has 1 aliphatic rings. The second-order valence-corrected chi connectivity index (χ2v) is 2.78. The third-order valence-electron chi connectivity index (χ3n) is 2.03. The summed E-state index contributed by atoms with van der Waals surface area (Å²) in [4.78, 5) is 13.3. The van der Waals surface area contributed by atoms with E-state index >= 15 is 0 Å². The van der Waals surface area contributed by atoms with Crippen molar-refractivity contribution >= 4 is 0 Å². The molecule has 3 nitrogen and oxygen atoms in total. The molecule has 0 radical (unpaired) electrons. The molecule has 2 heterocycles. The third kappa shape index (κ3) is 1.19. The fourth-order valence-electron chi connectivity index (χ4n) is 1.21. The first-order chi connectivity index (χ1) is 5.36. The number of hydrogen-bond acceptors (Lipinski definition) is 2. The Balaban J connectivity index is 2.25. The van der Waals surface area contributed by atoms with Crippen LogP contribution in [0.2, 0.25) is 0 Å². The number of rotatable bonds is 1. The zero-order valence-corrected chi connectivity index (χ0v) is 6.13. The highest BCUT2D eigenvalue weighted by Crippen LogP contribution is 2.20. The maximum absolute atomic E-state index is 10.7. The molecular formula is C8H10N2O. The number of aromatic nitrogens is 1. The Bertz CT molecular complexity index is 281. The Morgan fingerprint density at radius 3 is 2.73 bits per heavy atom. The summed E-state index contributed by atoms with van der Waals surface area (Å²) in [5.41, 5.74) is 1.14. The Morgan fingerprint density at radius 1 is 1.45 bits per heavy atom. The van der Waals surface area contributed by atoms with Crippen molar-refractivity contribution in [2.45, 2.75) is 12.5 Å². The highest BCUT2D eigenvalue weighted by atomic mass is 16.1. The van der Waals surface area contributed by atoms with Crippen molar-refractivity contribution in [3.8, 4) is 0 Å². The van der Waals surface area contributed by atoms with Gasteiger partial charge in [0.15, 0.2) is 0 Å². The largest absolute Gasteiger partial charge is 0.329 e. The predicted molar refractivity (Wildman–Crippen MR) is 42.4 cm³/mol. The van der Waals surface area contributed by atoms with Gasteiger partial charge in [-0.3, -0.25) is 4.79 Å². The normalized spacial score (nSPS) is 22.7. The molecule has 2 N–H and O–H groups in total. The van der Waals surface area contributed by atoms with Gasteiger partial charge in [-0.25, -0.2) is 0 Å². The second kappa shape index (κ2) is 2.51. The van der Waals surface area contributed by atoms with E-state index in [2.05, 4.69) is 10.3 Å². The van der Waals surface area contributed by atoms with Gasteiger partial charge in [0.25, 0.3) is 0 Å². The first-order valence-corrected chi connectivity index (χ1v) is 3.78. The van der Waals surface area contributed by atoms with E-state index in [0.717, 1.165) is 6.54 Å². The molecule has 0 saturated carbocycles. The summed E-state index contributed by atoms with van der Waals surface area (Å²) in [5, 5.41) is 3.26. The highest BCUT2D eigenvalue weighted by molar-refractivity contribution is 5.15. The molecule has 1 saturated heterocycles. The maximum Gasteiger partial charge on any atom is 0.247 e. The van der Waals surface area contributed by atoms with Crippen molar-refractivity contribution < 1.29 is 0 Å². The van der Waals surface area contributed by atoms with Gasteiger partial charge < -0.3 is 10.3 Å². The lowest BCUT2D eigenvalue weighted by molar-refractivity contribution is 0.382. The minimum absolute atomic E-state index is 0.0342. The average Bonchev–Trinajstić information content (AvgIpc) is 1.90. The van der Waals surface area contributed by atoms with Crippen LogP contribution in [-0.2, 0) is 0 Å². The van der Waals surface area contributed by atoms with Gasteiger partial charge in [-0.2, -0.15) is 0 Å². The summed E-state index contributed by atoms with van der Waals surface area (Å²) >= 11 is 0. The fraction of sp³-hybridized carbons (Fsp3) is 0.375. The Hall–Kier alpha value is -1.09. The first kappa shape index (κ1) is 6.61. The summed E-state index contributed by atoms with van der Waals surface area (Å²) < 4.78 is 0. The summed E-state index contributed by atoms with van der Waals surface area (Å²) in [6.45, 7) is 1.09. The van der Waals surface area contributed by atoms with Gasteiger partial charge in [0.05, 0.1) is 0 Å². The molecule has 1 fully saturated rings. The van der Waals surface area contributed by atoms with Crippen LogP contribution in [-0.4, -0.2) is 11.5 Å². The van der Waals surface area contributed by atoms with Gasteiger partial charge >= 0.3 is 0 Å². The Morgan fingerprint density at radius 2 is 2.27 bits per heavy atom. The van der Waals surface area contributed by atoms with Crippen LogP contribution < -0.4 is 10.9 Å². The Kier molecular flexibility index (Phi) is 1.51. The summed E-state index contributed by atoms with van der Waals surface area (Å²) in [6, 6.07) is 3.90. The van der Waals surface area contributed by atoms with Crippen LogP contribution in [0.5, 0.6) is 0 Å².